The number of carbonyl (C=O) groups is 1. The fraction of sp³-hybridized carbons (Fsp3) is 0.280. The van der Waals surface area contributed by atoms with Gasteiger partial charge in [-0.25, -0.2) is 9.97 Å². The highest BCUT2D eigenvalue weighted by atomic mass is 32.1. The number of nitrogens with zero attached hydrogens (tertiary/aromatic N) is 3. The van der Waals surface area contributed by atoms with E-state index in [9.17, 15) is 9.59 Å². The Morgan fingerprint density at radius 3 is 2.80 bits per heavy atom. The summed E-state index contributed by atoms with van der Waals surface area (Å²) >= 11 is 1.29. The molecule has 0 radical (unpaired) electrons. The summed E-state index contributed by atoms with van der Waals surface area (Å²) in [5.74, 6) is 0.988. The van der Waals surface area contributed by atoms with Crippen LogP contribution in [0.15, 0.2) is 56.7 Å². The highest BCUT2D eigenvalue weighted by Crippen LogP contribution is 2.42. The number of ether oxygens (including phenoxy) is 1. The second-order valence-electron chi connectivity index (χ2n) is 9.11. The number of pyridine rings is 1. The van der Waals surface area contributed by atoms with Gasteiger partial charge in [-0.1, -0.05) is 0 Å². The Morgan fingerprint density at radius 1 is 1.20 bits per heavy atom. The average Bonchev–Trinajstić information content (AvgIpc) is 3.59. The quantitative estimate of drug-likeness (QED) is 0.396. The molecule has 0 atom stereocenters. The molecule has 5 aromatic heterocycles. The molecule has 10 heteroatoms. The largest absolute Gasteiger partial charge is 0.467 e. The van der Waals surface area contributed by atoms with Gasteiger partial charge < -0.3 is 18.9 Å². The SMILES string of the molecule is CC1(C)Cc2c(c(-c3ccco3)nc3sc4c(=O)n(CC(=O)NCc5ccco5)cnc4c23)CO1. The van der Waals surface area contributed by atoms with Gasteiger partial charge in [0.05, 0.1) is 43.1 Å². The maximum atomic E-state index is 13.3. The second-order valence-corrected chi connectivity index (χ2v) is 10.1. The number of thiophene rings is 1. The zero-order valence-electron chi connectivity index (χ0n) is 19.2. The van der Waals surface area contributed by atoms with Gasteiger partial charge in [-0.15, -0.1) is 11.3 Å². The zero-order valence-corrected chi connectivity index (χ0v) is 20.0. The minimum absolute atomic E-state index is 0.138. The number of amides is 1. The van der Waals surface area contributed by atoms with Crippen molar-refractivity contribution in [3.05, 3.63) is 70.4 Å². The molecule has 0 saturated heterocycles. The first-order valence-corrected chi connectivity index (χ1v) is 12.0. The van der Waals surface area contributed by atoms with Crippen molar-refractivity contribution in [2.24, 2.45) is 0 Å². The molecule has 0 bridgehead atoms. The van der Waals surface area contributed by atoms with Crippen LogP contribution in [0.4, 0.5) is 0 Å². The molecule has 0 unspecified atom stereocenters. The van der Waals surface area contributed by atoms with Crippen molar-refractivity contribution in [3.63, 3.8) is 0 Å². The number of hydrogen-bond acceptors (Lipinski definition) is 8. The van der Waals surface area contributed by atoms with Crippen LogP contribution in [-0.4, -0.2) is 26.0 Å². The molecule has 0 aliphatic carbocycles. The molecular weight excluding hydrogens is 468 g/mol. The molecule has 1 N–H and O–H groups in total. The van der Waals surface area contributed by atoms with Gasteiger partial charge in [-0.2, -0.15) is 0 Å². The van der Waals surface area contributed by atoms with Crippen molar-refractivity contribution in [1.82, 2.24) is 19.9 Å². The van der Waals surface area contributed by atoms with Crippen molar-refractivity contribution in [3.8, 4) is 11.5 Å². The number of nitrogens with one attached hydrogen (secondary N) is 1. The van der Waals surface area contributed by atoms with Gasteiger partial charge in [0.25, 0.3) is 5.56 Å². The molecule has 6 heterocycles. The Kier molecular flexibility index (Phi) is 5.08. The Morgan fingerprint density at radius 2 is 2.03 bits per heavy atom. The van der Waals surface area contributed by atoms with Gasteiger partial charge in [-0.3, -0.25) is 14.2 Å². The lowest BCUT2D eigenvalue weighted by molar-refractivity contribution is -0.122. The minimum atomic E-state index is -0.364. The number of hydrogen-bond donors (Lipinski definition) is 1. The first-order valence-electron chi connectivity index (χ1n) is 11.2. The lowest BCUT2D eigenvalue weighted by Crippen LogP contribution is -2.32. The molecule has 1 aliphatic heterocycles. The van der Waals surface area contributed by atoms with Crippen molar-refractivity contribution in [2.45, 2.75) is 45.6 Å². The Labute approximate surface area is 203 Å². The minimum Gasteiger partial charge on any atom is -0.467 e. The topological polar surface area (TPSA) is 112 Å². The van der Waals surface area contributed by atoms with Crippen molar-refractivity contribution < 1.29 is 18.4 Å². The van der Waals surface area contributed by atoms with Crippen molar-refractivity contribution in [1.29, 1.82) is 0 Å². The highest BCUT2D eigenvalue weighted by Gasteiger charge is 2.32. The summed E-state index contributed by atoms with van der Waals surface area (Å²) in [5, 5.41) is 3.63. The van der Waals surface area contributed by atoms with Crippen LogP contribution in [0.1, 0.15) is 30.7 Å². The first-order chi connectivity index (χ1) is 16.9. The standard InChI is InChI=1S/C25H22N4O5S/c1-25(2)9-15-16(12-34-25)20(17-6-4-8-33-17)28-23-19(15)21-22(35-23)24(31)29(13-27-21)11-18(30)26-10-14-5-3-7-32-14/h3-8,13H,9-12H2,1-2H3,(H,26,30). The summed E-state index contributed by atoms with van der Waals surface area (Å²) in [4.78, 5) is 36.0. The van der Waals surface area contributed by atoms with E-state index in [1.54, 1.807) is 24.7 Å². The van der Waals surface area contributed by atoms with Crippen LogP contribution in [0.5, 0.6) is 0 Å². The van der Waals surface area contributed by atoms with Crippen LogP contribution in [0.2, 0.25) is 0 Å². The first kappa shape index (κ1) is 21.8. The molecule has 178 valence electrons. The van der Waals surface area contributed by atoms with E-state index in [2.05, 4.69) is 10.3 Å². The number of furan rings is 2. The summed E-state index contributed by atoms with van der Waals surface area (Å²) < 4.78 is 18.8. The second kappa shape index (κ2) is 8.17. The van der Waals surface area contributed by atoms with E-state index in [4.69, 9.17) is 18.6 Å². The predicted molar refractivity (Wildman–Crippen MR) is 130 cm³/mol. The summed E-state index contributed by atoms with van der Waals surface area (Å²) in [6, 6.07) is 7.22. The summed E-state index contributed by atoms with van der Waals surface area (Å²) in [6.45, 7) is 4.60. The molecule has 0 spiro atoms. The van der Waals surface area contributed by atoms with E-state index in [0.717, 1.165) is 22.2 Å². The molecule has 1 amide bonds. The van der Waals surface area contributed by atoms with Crippen LogP contribution < -0.4 is 10.9 Å². The molecule has 35 heavy (non-hydrogen) atoms. The fourth-order valence-corrected chi connectivity index (χ4v) is 5.55. The summed E-state index contributed by atoms with van der Waals surface area (Å²) in [6.07, 6.45) is 5.24. The maximum Gasteiger partial charge on any atom is 0.271 e. The average molecular weight is 491 g/mol. The van der Waals surface area contributed by atoms with Crippen LogP contribution in [0.3, 0.4) is 0 Å². The molecular formula is C25H22N4O5S. The smallest absolute Gasteiger partial charge is 0.271 e. The number of carbonyl (C=O) groups excluding carboxylic acids is 1. The Bertz CT molecular complexity index is 1610. The lowest BCUT2D eigenvalue weighted by Gasteiger charge is -2.32. The third-order valence-electron chi connectivity index (χ3n) is 6.13. The molecule has 6 rings (SSSR count). The van der Waals surface area contributed by atoms with Gasteiger partial charge in [0.1, 0.15) is 27.5 Å². The molecule has 0 saturated carbocycles. The van der Waals surface area contributed by atoms with Crippen LogP contribution in [0.25, 0.3) is 31.9 Å². The monoisotopic (exact) mass is 490 g/mol. The van der Waals surface area contributed by atoms with Crippen molar-refractivity contribution in [2.75, 3.05) is 0 Å². The van der Waals surface area contributed by atoms with Gasteiger partial charge in [0, 0.05) is 17.4 Å². The van der Waals surface area contributed by atoms with E-state index in [-0.39, 0.29) is 30.2 Å². The third-order valence-corrected chi connectivity index (χ3v) is 7.19. The molecule has 1 aliphatic rings. The number of fused-ring (bicyclic) bond motifs is 5. The van der Waals surface area contributed by atoms with E-state index in [1.165, 1.54) is 22.2 Å². The summed E-state index contributed by atoms with van der Waals surface area (Å²) in [7, 11) is 0. The van der Waals surface area contributed by atoms with Gasteiger partial charge in [0.2, 0.25) is 5.91 Å². The Balaban J connectivity index is 1.44. The molecule has 5 aromatic rings. The van der Waals surface area contributed by atoms with E-state index in [0.29, 0.717) is 39.6 Å². The van der Waals surface area contributed by atoms with Crippen molar-refractivity contribution >= 4 is 37.7 Å². The Hall–Kier alpha value is -3.76. The molecule has 9 nitrogen and oxygen atoms in total. The predicted octanol–water partition coefficient (Wildman–Crippen LogP) is 4.03. The van der Waals surface area contributed by atoms with Gasteiger partial charge in [-0.05, 0) is 43.7 Å². The van der Waals surface area contributed by atoms with Gasteiger partial charge >= 0.3 is 0 Å². The van der Waals surface area contributed by atoms with E-state index >= 15 is 0 Å². The fourth-order valence-electron chi connectivity index (χ4n) is 4.44. The van der Waals surface area contributed by atoms with E-state index in [1.807, 2.05) is 26.0 Å². The number of rotatable bonds is 5. The number of aromatic nitrogens is 3. The van der Waals surface area contributed by atoms with Crippen LogP contribution in [-0.2, 0) is 35.6 Å². The van der Waals surface area contributed by atoms with Crippen LogP contribution in [0, 0.1) is 0 Å². The highest BCUT2D eigenvalue weighted by molar-refractivity contribution is 7.25. The lowest BCUT2D eigenvalue weighted by atomic mass is 9.89. The normalized spacial score (nSPS) is 14.9. The van der Waals surface area contributed by atoms with E-state index < -0.39 is 0 Å². The third kappa shape index (κ3) is 3.84. The van der Waals surface area contributed by atoms with Crippen LogP contribution >= 0.6 is 11.3 Å². The zero-order chi connectivity index (χ0) is 24.2. The van der Waals surface area contributed by atoms with Gasteiger partial charge in [0.15, 0.2) is 5.76 Å². The maximum absolute atomic E-state index is 13.3. The molecule has 0 aromatic carbocycles. The molecule has 0 fully saturated rings. The summed E-state index contributed by atoms with van der Waals surface area (Å²) in [5.41, 5.74) is 2.72.